The maximum atomic E-state index is 14.5. The minimum absolute atomic E-state index is 0.0433. The first-order chi connectivity index (χ1) is 27.5. The van der Waals surface area contributed by atoms with Gasteiger partial charge in [-0.1, -0.05) is 19.1 Å². The number of nitrogens with zero attached hydrogens (tertiary/aromatic N) is 6. The van der Waals surface area contributed by atoms with Crippen molar-refractivity contribution in [2.45, 2.75) is 13.3 Å². The van der Waals surface area contributed by atoms with Gasteiger partial charge < -0.3 is 25.0 Å². The van der Waals surface area contributed by atoms with Gasteiger partial charge in [0.15, 0.2) is 0 Å². The third-order valence-corrected chi connectivity index (χ3v) is 10.8. The Labute approximate surface area is 329 Å². The SMILES string of the molecule is CCc1cc(Nc2nccc(-c3c(-c4ccc(OC)c(C(=O)Nc5c(F)cccc5F)c4)nc4ccccn34)n2)c(OC)cc1N1CCN(CCS(C)(=O)=O)CC1. The van der Waals surface area contributed by atoms with Crippen molar-refractivity contribution in [3.63, 3.8) is 0 Å². The molecule has 0 atom stereocenters. The lowest BCUT2D eigenvalue weighted by molar-refractivity contribution is 0.102. The molecule has 7 rings (SSSR count). The Bertz CT molecular complexity index is 2540. The summed E-state index contributed by atoms with van der Waals surface area (Å²) < 4.78 is 65.6. The summed E-state index contributed by atoms with van der Waals surface area (Å²) >= 11 is 0. The van der Waals surface area contributed by atoms with Crippen LogP contribution in [-0.4, -0.2) is 97.5 Å². The summed E-state index contributed by atoms with van der Waals surface area (Å²) in [6.07, 6.45) is 5.51. The van der Waals surface area contributed by atoms with Gasteiger partial charge in [-0.2, -0.15) is 0 Å². The van der Waals surface area contributed by atoms with Gasteiger partial charge in [-0.15, -0.1) is 0 Å². The van der Waals surface area contributed by atoms with Crippen LogP contribution in [0.1, 0.15) is 22.8 Å². The molecule has 0 saturated carbocycles. The smallest absolute Gasteiger partial charge is 0.259 e. The predicted octanol–water partition coefficient (Wildman–Crippen LogP) is 6.48. The average molecular weight is 797 g/mol. The molecule has 1 fully saturated rings. The van der Waals surface area contributed by atoms with E-state index in [1.54, 1.807) is 37.6 Å². The van der Waals surface area contributed by atoms with E-state index in [0.717, 1.165) is 56.0 Å². The molecule has 1 aliphatic heterocycles. The molecule has 6 aromatic rings. The number of rotatable bonds is 13. The van der Waals surface area contributed by atoms with Crippen molar-refractivity contribution in [1.29, 1.82) is 0 Å². The van der Waals surface area contributed by atoms with E-state index in [1.807, 2.05) is 40.9 Å². The highest BCUT2D eigenvalue weighted by Crippen LogP contribution is 2.38. The first-order valence-electron chi connectivity index (χ1n) is 18.3. The maximum Gasteiger partial charge on any atom is 0.259 e. The van der Waals surface area contributed by atoms with Crippen molar-refractivity contribution in [1.82, 2.24) is 24.3 Å². The van der Waals surface area contributed by atoms with Crippen molar-refractivity contribution in [3.05, 3.63) is 108 Å². The van der Waals surface area contributed by atoms with Crippen LogP contribution in [-0.2, 0) is 16.3 Å². The van der Waals surface area contributed by atoms with E-state index in [-0.39, 0.29) is 17.1 Å². The highest BCUT2D eigenvalue weighted by atomic mass is 32.2. The zero-order valence-corrected chi connectivity index (χ0v) is 32.7. The third kappa shape index (κ3) is 8.51. The minimum atomic E-state index is -3.03. The van der Waals surface area contributed by atoms with Crippen LogP contribution in [0.3, 0.4) is 0 Å². The number of carbonyl (C=O) groups is 1. The van der Waals surface area contributed by atoms with Crippen LogP contribution in [0.4, 0.5) is 31.8 Å². The summed E-state index contributed by atoms with van der Waals surface area (Å²) in [6, 6.07) is 19.6. The van der Waals surface area contributed by atoms with Gasteiger partial charge in [0.1, 0.15) is 44.3 Å². The molecule has 0 bridgehead atoms. The van der Waals surface area contributed by atoms with Crippen LogP contribution in [0.15, 0.2) is 85.2 Å². The van der Waals surface area contributed by atoms with Crippen molar-refractivity contribution in [2.24, 2.45) is 0 Å². The first-order valence-corrected chi connectivity index (χ1v) is 20.4. The Morgan fingerprint density at radius 3 is 2.35 bits per heavy atom. The number of aromatic nitrogens is 4. The molecule has 3 aromatic carbocycles. The Balaban J connectivity index is 1.20. The fourth-order valence-electron chi connectivity index (χ4n) is 6.91. The van der Waals surface area contributed by atoms with Gasteiger partial charge in [-0.3, -0.25) is 14.1 Å². The predicted molar refractivity (Wildman–Crippen MR) is 217 cm³/mol. The van der Waals surface area contributed by atoms with Crippen molar-refractivity contribution >= 4 is 44.4 Å². The molecular weight excluding hydrogens is 755 g/mol. The summed E-state index contributed by atoms with van der Waals surface area (Å²) in [5.74, 6) is -1.34. The number of nitrogens with one attached hydrogen (secondary N) is 2. The molecule has 0 unspecified atom stereocenters. The number of piperazine rings is 1. The van der Waals surface area contributed by atoms with E-state index in [2.05, 4.69) is 32.3 Å². The summed E-state index contributed by atoms with van der Waals surface area (Å²) in [5.41, 5.74) is 5.08. The number of imidazole rings is 1. The summed E-state index contributed by atoms with van der Waals surface area (Å²) in [7, 11) is -0.0168. The van der Waals surface area contributed by atoms with Crippen LogP contribution < -0.4 is 25.0 Å². The Hall–Kier alpha value is -6.13. The summed E-state index contributed by atoms with van der Waals surface area (Å²) in [5, 5.41) is 5.70. The minimum Gasteiger partial charge on any atom is -0.496 e. The molecule has 1 saturated heterocycles. The third-order valence-electron chi connectivity index (χ3n) is 9.87. The lowest BCUT2D eigenvalue weighted by atomic mass is 10.0. The van der Waals surface area contributed by atoms with Crippen LogP contribution in [0.5, 0.6) is 11.5 Å². The Morgan fingerprint density at radius 1 is 0.895 bits per heavy atom. The van der Waals surface area contributed by atoms with Gasteiger partial charge >= 0.3 is 0 Å². The maximum absolute atomic E-state index is 14.5. The number of para-hydroxylation sites is 1. The monoisotopic (exact) mass is 796 g/mol. The quantitative estimate of drug-likeness (QED) is 0.133. The Morgan fingerprint density at radius 2 is 1.65 bits per heavy atom. The van der Waals surface area contributed by atoms with E-state index >= 15 is 0 Å². The zero-order chi connectivity index (χ0) is 40.3. The molecule has 0 aliphatic carbocycles. The van der Waals surface area contributed by atoms with Crippen LogP contribution in [0.2, 0.25) is 0 Å². The second-order valence-corrected chi connectivity index (χ2v) is 15.8. The van der Waals surface area contributed by atoms with E-state index in [4.69, 9.17) is 19.4 Å². The molecule has 57 heavy (non-hydrogen) atoms. The zero-order valence-electron chi connectivity index (χ0n) is 31.9. The number of fused-ring (bicyclic) bond motifs is 1. The molecule has 2 N–H and O–H groups in total. The topological polar surface area (TPSA) is 143 Å². The van der Waals surface area contributed by atoms with Gasteiger partial charge in [0.05, 0.1) is 48.3 Å². The normalized spacial score (nSPS) is 13.5. The van der Waals surface area contributed by atoms with Crippen LogP contribution >= 0.6 is 0 Å². The van der Waals surface area contributed by atoms with E-state index < -0.39 is 33.1 Å². The molecular formula is C41H42F2N8O5S. The number of methoxy groups -OCH3 is 2. The highest BCUT2D eigenvalue weighted by molar-refractivity contribution is 7.90. The number of pyridine rings is 1. The molecule has 16 heteroatoms. The van der Waals surface area contributed by atoms with Gasteiger partial charge in [-0.05, 0) is 66.6 Å². The fourth-order valence-corrected chi connectivity index (χ4v) is 7.50. The second-order valence-electron chi connectivity index (χ2n) is 13.6. The van der Waals surface area contributed by atoms with Gasteiger partial charge in [0.25, 0.3) is 5.91 Å². The number of sulfone groups is 1. The average Bonchev–Trinajstić information content (AvgIpc) is 3.61. The van der Waals surface area contributed by atoms with E-state index in [1.165, 1.54) is 19.4 Å². The van der Waals surface area contributed by atoms with E-state index in [0.29, 0.717) is 52.2 Å². The standard InChI is InChI=1S/C41H42F2N8O5S/c1-5-26-24-32(35(56-3)25-33(26)50-19-17-49(18-20-50)21-22-57(4,53)54)46-41-44-15-14-31(45-41)39-37(47-36-11-6-7-16-51(36)39)27-12-13-34(55-2)28(23-27)40(52)48-38-29(42)9-8-10-30(38)43/h6-16,23-25H,5,17-22H2,1-4H3,(H,48,52)(H,44,45,46). The van der Waals surface area contributed by atoms with Gasteiger partial charge in [-0.25, -0.2) is 32.2 Å². The number of hydrogen-bond acceptors (Lipinski definition) is 11. The summed E-state index contributed by atoms with van der Waals surface area (Å²) in [6.45, 7) is 5.63. The van der Waals surface area contributed by atoms with Crippen molar-refractivity contribution in [3.8, 4) is 34.1 Å². The van der Waals surface area contributed by atoms with Crippen LogP contribution in [0, 0.1) is 11.6 Å². The molecule has 3 aromatic heterocycles. The number of anilines is 4. The lowest BCUT2D eigenvalue weighted by Crippen LogP contribution is -2.47. The number of benzene rings is 3. The number of hydrogen-bond donors (Lipinski definition) is 2. The molecule has 0 radical (unpaired) electrons. The highest BCUT2D eigenvalue weighted by Gasteiger charge is 2.24. The summed E-state index contributed by atoms with van der Waals surface area (Å²) in [4.78, 5) is 32.3. The van der Waals surface area contributed by atoms with Gasteiger partial charge in [0, 0.05) is 68.7 Å². The lowest BCUT2D eigenvalue weighted by Gasteiger charge is -2.37. The molecule has 296 valence electrons. The molecule has 1 amide bonds. The van der Waals surface area contributed by atoms with Gasteiger partial charge in [0.2, 0.25) is 5.95 Å². The number of ether oxygens (including phenoxy) is 2. The van der Waals surface area contributed by atoms with Crippen molar-refractivity contribution < 1.29 is 31.5 Å². The first kappa shape index (κ1) is 39.1. The molecule has 13 nitrogen and oxygen atoms in total. The second kappa shape index (κ2) is 16.5. The number of aryl methyl sites for hydroxylation is 1. The molecule has 4 heterocycles. The Kier molecular flexibility index (Phi) is 11.3. The van der Waals surface area contributed by atoms with E-state index in [9.17, 15) is 22.0 Å². The van der Waals surface area contributed by atoms with Crippen LogP contribution in [0.25, 0.3) is 28.3 Å². The molecule has 0 spiro atoms. The largest absolute Gasteiger partial charge is 0.496 e. The molecule has 1 aliphatic rings. The number of amides is 1. The number of carbonyl (C=O) groups excluding carboxylic acids is 1. The van der Waals surface area contributed by atoms with Crippen molar-refractivity contribution in [2.75, 3.05) is 74.5 Å². The number of halogens is 2. The fraction of sp³-hybridized carbons (Fsp3) is 0.268.